The molecular weight excluding hydrogens is 927 g/mol. The van der Waals surface area contributed by atoms with Crippen molar-refractivity contribution in [3.63, 3.8) is 0 Å². The molecule has 3 unspecified atom stereocenters. The molecule has 0 spiro atoms. The van der Waals surface area contributed by atoms with E-state index in [1.807, 2.05) is 48.5 Å². The number of carbonyl (C=O) groups is 3. The molecule has 2 aromatic carbocycles. The van der Waals surface area contributed by atoms with Crippen molar-refractivity contribution in [2.75, 3.05) is 36.1 Å². The SMILES string of the molecule is NC(=NC(=O)c1cnn(CC(=O)NCC2CC(C3CC(C(N)=NC(=O)c4cnn(C5CCS(=O)(=O)C5)c4)(c4ccc(-c5cnc(N)nc5)cc4)C3)CO2)c1)C1(c2ccc(-c3cnc(N)nc3)cc2)CCC1. The van der Waals surface area contributed by atoms with Gasteiger partial charge in [-0.2, -0.15) is 20.2 Å². The average molecular weight is 980 g/mol. The Morgan fingerprint density at radius 3 is 1.82 bits per heavy atom. The van der Waals surface area contributed by atoms with Crippen LogP contribution in [0.15, 0.2) is 108 Å². The van der Waals surface area contributed by atoms with Crippen LogP contribution in [0.3, 0.4) is 0 Å². The maximum Gasteiger partial charge on any atom is 0.281 e. The Morgan fingerprint density at radius 1 is 0.718 bits per heavy atom. The lowest BCUT2D eigenvalue weighted by molar-refractivity contribution is -0.122. The summed E-state index contributed by atoms with van der Waals surface area (Å²) in [5.74, 6) is -0.212. The summed E-state index contributed by atoms with van der Waals surface area (Å²) < 4.78 is 33.3. The predicted octanol–water partition coefficient (Wildman–Crippen LogP) is 3.20. The van der Waals surface area contributed by atoms with Crippen LogP contribution in [0.5, 0.6) is 0 Å². The van der Waals surface area contributed by atoms with Gasteiger partial charge in [-0.15, -0.1) is 0 Å². The van der Waals surface area contributed by atoms with Gasteiger partial charge in [-0.25, -0.2) is 28.4 Å². The minimum absolute atomic E-state index is 0.0262. The van der Waals surface area contributed by atoms with E-state index in [1.165, 1.54) is 34.2 Å². The van der Waals surface area contributed by atoms with Crippen molar-refractivity contribution in [2.24, 2.45) is 33.3 Å². The van der Waals surface area contributed by atoms with Crippen LogP contribution in [0.4, 0.5) is 11.9 Å². The van der Waals surface area contributed by atoms with Gasteiger partial charge in [0.15, 0.2) is 9.84 Å². The number of hydrogen-bond acceptors (Lipinski definition) is 14. The van der Waals surface area contributed by atoms with Crippen LogP contribution < -0.4 is 28.3 Å². The molecule has 9 N–H and O–H groups in total. The molecular formula is C49H53N15O6S. The lowest BCUT2D eigenvalue weighted by atomic mass is 9.54. The molecule has 4 aromatic heterocycles. The molecule has 21 nitrogen and oxygen atoms in total. The first kappa shape index (κ1) is 47.0. The number of anilines is 2. The molecule has 2 aliphatic carbocycles. The zero-order valence-corrected chi connectivity index (χ0v) is 39.5. The summed E-state index contributed by atoms with van der Waals surface area (Å²) in [6.07, 6.45) is 17.0. The van der Waals surface area contributed by atoms with Crippen molar-refractivity contribution in [1.82, 2.24) is 44.8 Å². The summed E-state index contributed by atoms with van der Waals surface area (Å²) in [6.45, 7) is 0.657. The summed E-state index contributed by atoms with van der Waals surface area (Å²) in [7, 11) is -3.15. The van der Waals surface area contributed by atoms with Crippen molar-refractivity contribution in [1.29, 1.82) is 0 Å². The molecule has 2 aliphatic heterocycles. The molecule has 0 radical (unpaired) electrons. The fourth-order valence-electron chi connectivity index (χ4n) is 10.3. The number of nitrogen functional groups attached to an aromatic ring is 2. The van der Waals surface area contributed by atoms with E-state index in [-0.39, 0.29) is 89.2 Å². The topological polar surface area (TPSA) is 323 Å². The van der Waals surface area contributed by atoms with Crippen molar-refractivity contribution in [2.45, 2.75) is 74.5 Å². The van der Waals surface area contributed by atoms with E-state index in [0.29, 0.717) is 32.3 Å². The van der Waals surface area contributed by atoms with E-state index < -0.39 is 32.5 Å². The molecule has 71 heavy (non-hydrogen) atoms. The molecule has 10 rings (SSSR count). The number of aromatic nitrogens is 8. The number of benzene rings is 2. The van der Waals surface area contributed by atoms with Crippen molar-refractivity contribution >= 4 is 51.1 Å². The number of rotatable bonds is 14. The zero-order valence-electron chi connectivity index (χ0n) is 38.7. The van der Waals surface area contributed by atoms with Gasteiger partial charge < -0.3 is 33.0 Å². The number of amidine groups is 2. The summed E-state index contributed by atoms with van der Waals surface area (Å²) >= 11 is 0. The fourth-order valence-corrected chi connectivity index (χ4v) is 12.0. The highest BCUT2D eigenvalue weighted by Crippen LogP contribution is 2.53. The van der Waals surface area contributed by atoms with E-state index in [0.717, 1.165) is 52.6 Å². The van der Waals surface area contributed by atoms with Crippen molar-refractivity contribution < 1.29 is 27.5 Å². The third-order valence-corrected chi connectivity index (χ3v) is 16.4. The lowest BCUT2D eigenvalue weighted by Gasteiger charge is -2.50. The molecule has 22 heteroatoms. The predicted molar refractivity (Wildman–Crippen MR) is 263 cm³/mol. The highest BCUT2D eigenvalue weighted by Gasteiger charge is 2.52. The number of aliphatic imine (C=N–C) groups is 2. The Morgan fingerprint density at radius 2 is 1.27 bits per heavy atom. The van der Waals surface area contributed by atoms with Gasteiger partial charge in [-0.05, 0) is 72.6 Å². The number of nitrogens with zero attached hydrogens (tertiary/aromatic N) is 10. The smallest absolute Gasteiger partial charge is 0.281 e. The summed E-state index contributed by atoms with van der Waals surface area (Å²) in [5, 5.41) is 11.5. The third-order valence-electron chi connectivity index (χ3n) is 14.7. The number of ether oxygens (including phenoxy) is 1. The number of hydrogen-bond donors (Lipinski definition) is 5. The number of sulfone groups is 1. The highest BCUT2D eigenvalue weighted by atomic mass is 32.2. The zero-order chi connectivity index (χ0) is 49.5. The average Bonchev–Trinajstić information content (AvgIpc) is 4.17. The number of nitrogens with two attached hydrogens (primary N) is 4. The lowest BCUT2D eigenvalue weighted by Crippen LogP contribution is -2.53. The molecule has 0 bridgehead atoms. The van der Waals surface area contributed by atoms with Crippen LogP contribution in [0.25, 0.3) is 22.3 Å². The van der Waals surface area contributed by atoms with Crippen LogP contribution in [0.2, 0.25) is 0 Å². The Labute approximate surface area is 408 Å². The maximum atomic E-state index is 13.6. The van der Waals surface area contributed by atoms with Crippen LogP contribution >= 0.6 is 0 Å². The Hall–Kier alpha value is -7.72. The fraction of sp³-hybridized carbons (Fsp3) is 0.367. The molecule has 4 fully saturated rings. The molecule has 2 saturated heterocycles. The Kier molecular flexibility index (Phi) is 12.5. The molecule has 2 saturated carbocycles. The molecule has 4 aliphatic rings. The van der Waals surface area contributed by atoms with Gasteiger partial charge in [-0.3, -0.25) is 23.7 Å². The molecule has 3 amide bonds. The minimum Gasteiger partial charge on any atom is -0.386 e. The summed E-state index contributed by atoms with van der Waals surface area (Å²) in [4.78, 5) is 65.2. The standard InChI is InChI=1S/C49H53N15O6S/c50-44(48(11-1-12-48)37-6-2-29(3-7-37)33-17-55-46(52)56-18-33)61-42(66)35-21-59-63(24-35)26-41(65)54-23-40-14-31(27-70-40)32-15-49(16-32,38-8-4-30(5-9-38)34-19-57-47(53)58-20-34)45(51)62-43(67)36-22-60-64(25-36)39-10-13-71(68,69)28-39/h2-9,17-22,24-25,31-32,39-40H,1,10-16,23,26-28H2,(H,54,65)(H2,50,61,66)(H2,51,62,67)(H2,52,55,56)(H2,53,57,58). The second-order valence-electron chi connectivity index (χ2n) is 19.1. The molecule has 366 valence electrons. The number of amides is 3. The van der Waals surface area contributed by atoms with Gasteiger partial charge in [0.25, 0.3) is 11.8 Å². The monoisotopic (exact) mass is 979 g/mol. The van der Waals surface area contributed by atoms with Crippen LogP contribution in [-0.2, 0) is 36.7 Å². The first-order valence-electron chi connectivity index (χ1n) is 23.5. The molecule has 3 atom stereocenters. The third kappa shape index (κ3) is 9.63. The first-order valence-corrected chi connectivity index (χ1v) is 25.3. The van der Waals surface area contributed by atoms with E-state index in [2.05, 4.69) is 45.4 Å². The van der Waals surface area contributed by atoms with Gasteiger partial charge >= 0.3 is 0 Å². The van der Waals surface area contributed by atoms with Crippen molar-refractivity contribution in [3.8, 4) is 22.3 Å². The van der Waals surface area contributed by atoms with E-state index in [4.69, 9.17) is 27.7 Å². The van der Waals surface area contributed by atoms with Crippen LogP contribution in [0.1, 0.15) is 82.8 Å². The van der Waals surface area contributed by atoms with Crippen LogP contribution in [-0.4, -0.2) is 108 Å². The highest BCUT2D eigenvalue weighted by molar-refractivity contribution is 7.91. The Bertz CT molecular complexity index is 3140. The van der Waals surface area contributed by atoms with E-state index in [1.54, 1.807) is 24.8 Å². The maximum absolute atomic E-state index is 13.6. The number of nitrogens with one attached hydrogen (secondary N) is 1. The second-order valence-corrected chi connectivity index (χ2v) is 21.3. The quantitative estimate of drug-likeness (QED) is 0.0773. The van der Waals surface area contributed by atoms with Gasteiger partial charge in [-0.1, -0.05) is 55.0 Å². The van der Waals surface area contributed by atoms with Gasteiger partial charge in [0.05, 0.1) is 64.6 Å². The molecule has 6 heterocycles. The number of carbonyl (C=O) groups excluding carboxylic acids is 3. The summed E-state index contributed by atoms with van der Waals surface area (Å²) in [6, 6.07) is 15.4. The van der Waals surface area contributed by atoms with Gasteiger partial charge in [0.2, 0.25) is 17.8 Å². The largest absolute Gasteiger partial charge is 0.386 e. The second kappa shape index (κ2) is 18.9. The first-order chi connectivity index (χ1) is 34.1. The summed E-state index contributed by atoms with van der Waals surface area (Å²) in [5.41, 5.74) is 29.1. The normalized spacial score (nSPS) is 23.7. The van der Waals surface area contributed by atoms with Crippen molar-refractivity contribution in [3.05, 3.63) is 120 Å². The van der Waals surface area contributed by atoms with E-state index in [9.17, 15) is 22.8 Å². The van der Waals surface area contributed by atoms with Gasteiger partial charge in [0.1, 0.15) is 18.2 Å². The van der Waals surface area contributed by atoms with E-state index >= 15 is 0 Å². The Balaban J connectivity index is 0.746. The molecule has 6 aromatic rings. The minimum atomic E-state index is -3.15. The van der Waals surface area contributed by atoms with Crippen LogP contribution in [0, 0.1) is 11.8 Å². The van der Waals surface area contributed by atoms with Gasteiger partial charge in [0, 0.05) is 54.9 Å².